The lowest BCUT2D eigenvalue weighted by Crippen LogP contribution is -2.51. The molecular formula is C14H18ClN3O3. The standard InChI is InChI=1S/C14H18ClN3O3/c1-14(16-2)5-7-17(8-6-14)13(19)11-9-10(18(20)21)3-4-12(11)15/h3-4,9,16H,5-8H2,1-2H3. The van der Waals surface area contributed by atoms with Crippen LogP contribution in [-0.4, -0.2) is 41.4 Å². The smallest absolute Gasteiger partial charge is 0.270 e. The second-order valence-corrected chi connectivity index (χ2v) is 5.93. The van der Waals surface area contributed by atoms with Crippen LogP contribution in [0.3, 0.4) is 0 Å². The fraction of sp³-hybridized carbons (Fsp3) is 0.500. The Bertz CT molecular complexity index is 569. The number of piperidine rings is 1. The number of rotatable bonds is 3. The molecular weight excluding hydrogens is 294 g/mol. The minimum atomic E-state index is -0.526. The molecule has 1 N–H and O–H groups in total. The highest BCUT2D eigenvalue weighted by Gasteiger charge is 2.31. The molecule has 1 aromatic rings. The first kappa shape index (κ1) is 15.7. The molecule has 1 aromatic carbocycles. The number of nitrogens with one attached hydrogen (secondary N) is 1. The van der Waals surface area contributed by atoms with E-state index in [9.17, 15) is 14.9 Å². The molecule has 1 fully saturated rings. The molecule has 21 heavy (non-hydrogen) atoms. The summed E-state index contributed by atoms with van der Waals surface area (Å²) in [5.74, 6) is -0.248. The monoisotopic (exact) mass is 311 g/mol. The maximum atomic E-state index is 12.5. The highest BCUT2D eigenvalue weighted by atomic mass is 35.5. The van der Waals surface area contributed by atoms with Gasteiger partial charge in [0.05, 0.1) is 15.5 Å². The van der Waals surface area contributed by atoms with Gasteiger partial charge in [-0.05, 0) is 32.9 Å². The summed E-state index contributed by atoms with van der Waals surface area (Å²) in [6.07, 6.45) is 1.67. The van der Waals surface area contributed by atoms with Crippen LogP contribution in [0.4, 0.5) is 5.69 Å². The summed E-state index contributed by atoms with van der Waals surface area (Å²) < 4.78 is 0. The molecule has 1 amide bonds. The molecule has 0 radical (unpaired) electrons. The predicted octanol–water partition coefficient (Wildman–Crippen LogP) is 2.46. The van der Waals surface area contributed by atoms with E-state index in [4.69, 9.17) is 11.6 Å². The van der Waals surface area contributed by atoms with Crippen LogP contribution in [0.2, 0.25) is 5.02 Å². The third-order valence-electron chi connectivity index (χ3n) is 4.15. The van der Waals surface area contributed by atoms with Gasteiger partial charge < -0.3 is 10.2 Å². The van der Waals surface area contributed by atoms with Gasteiger partial charge in [-0.1, -0.05) is 11.6 Å². The largest absolute Gasteiger partial charge is 0.338 e. The maximum Gasteiger partial charge on any atom is 0.270 e. The first-order chi connectivity index (χ1) is 9.86. The van der Waals surface area contributed by atoms with Gasteiger partial charge in [0, 0.05) is 30.8 Å². The summed E-state index contributed by atoms with van der Waals surface area (Å²) >= 11 is 6.02. The second-order valence-electron chi connectivity index (χ2n) is 5.52. The first-order valence-corrected chi connectivity index (χ1v) is 7.16. The molecule has 1 heterocycles. The van der Waals surface area contributed by atoms with Crippen molar-refractivity contribution in [3.05, 3.63) is 38.9 Å². The normalized spacial score (nSPS) is 17.6. The highest BCUT2D eigenvalue weighted by molar-refractivity contribution is 6.33. The molecule has 0 bridgehead atoms. The zero-order valence-electron chi connectivity index (χ0n) is 12.1. The molecule has 1 aliphatic rings. The summed E-state index contributed by atoms with van der Waals surface area (Å²) in [4.78, 5) is 24.5. The van der Waals surface area contributed by atoms with Crippen molar-refractivity contribution in [1.82, 2.24) is 10.2 Å². The van der Waals surface area contributed by atoms with Crippen molar-refractivity contribution >= 4 is 23.2 Å². The zero-order valence-corrected chi connectivity index (χ0v) is 12.8. The number of likely N-dealkylation sites (tertiary alicyclic amines) is 1. The number of non-ortho nitro benzene ring substituents is 1. The molecule has 1 saturated heterocycles. The molecule has 2 rings (SSSR count). The van der Waals surface area contributed by atoms with E-state index in [0.29, 0.717) is 13.1 Å². The zero-order chi connectivity index (χ0) is 15.6. The minimum Gasteiger partial charge on any atom is -0.338 e. The van der Waals surface area contributed by atoms with E-state index in [1.165, 1.54) is 18.2 Å². The molecule has 114 valence electrons. The number of amides is 1. The van der Waals surface area contributed by atoms with E-state index in [-0.39, 0.29) is 27.7 Å². The van der Waals surface area contributed by atoms with Gasteiger partial charge >= 0.3 is 0 Å². The van der Waals surface area contributed by atoms with Crippen LogP contribution in [0.1, 0.15) is 30.1 Å². The van der Waals surface area contributed by atoms with Gasteiger partial charge in [-0.15, -0.1) is 0 Å². The van der Waals surface area contributed by atoms with E-state index in [2.05, 4.69) is 12.2 Å². The van der Waals surface area contributed by atoms with Gasteiger partial charge in [0.1, 0.15) is 0 Å². The average molecular weight is 312 g/mol. The summed E-state index contributed by atoms with van der Waals surface area (Å²) in [5.41, 5.74) is 0.0993. The quantitative estimate of drug-likeness (QED) is 0.687. The molecule has 0 aromatic heterocycles. The summed E-state index contributed by atoms with van der Waals surface area (Å²) in [6.45, 7) is 3.33. The number of nitro benzene ring substituents is 1. The van der Waals surface area contributed by atoms with Crippen LogP contribution in [0.25, 0.3) is 0 Å². The van der Waals surface area contributed by atoms with E-state index in [0.717, 1.165) is 12.8 Å². The molecule has 1 aliphatic heterocycles. The van der Waals surface area contributed by atoms with Crippen molar-refractivity contribution in [1.29, 1.82) is 0 Å². The van der Waals surface area contributed by atoms with Crippen LogP contribution in [0.15, 0.2) is 18.2 Å². The number of nitro groups is 1. The number of hydrogen-bond donors (Lipinski definition) is 1. The number of halogens is 1. The number of carbonyl (C=O) groups excluding carboxylic acids is 1. The third kappa shape index (κ3) is 3.33. The van der Waals surface area contributed by atoms with Crippen LogP contribution >= 0.6 is 11.6 Å². The van der Waals surface area contributed by atoms with Gasteiger partial charge in [0.15, 0.2) is 0 Å². The fourth-order valence-corrected chi connectivity index (χ4v) is 2.61. The molecule has 0 atom stereocenters. The Kier molecular flexibility index (Phi) is 4.49. The van der Waals surface area contributed by atoms with Gasteiger partial charge in [-0.25, -0.2) is 0 Å². The van der Waals surface area contributed by atoms with Gasteiger partial charge in [0.2, 0.25) is 0 Å². The third-order valence-corrected chi connectivity index (χ3v) is 4.48. The Hall–Kier alpha value is -1.66. The van der Waals surface area contributed by atoms with E-state index in [1.807, 2.05) is 7.05 Å². The fourth-order valence-electron chi connectivity index (χ4n) is 2.41. The van der Waals surface area contributed by atoms with Crippen molar-refractivity contribution in [3.63, 3.8) is 0 Å². The summed E-state index contributed by atoms with van der Waals surface area (Å²) in [7, 11) is 1.91. The van der Waals surface area contributed by atoms with Gasteiger partial charge in [0.25, 0.3) is 11.6 Å². The molecule has 6 nitrogen and oxygen atoms in total. The number of benzene rings is 1. The summed E-state index contributed by atoms with van der Waals surface area (Å²) in [6, 6.07) is 3.94. The lowest BCUT2D eigenvalue weighted by molar-refractivity contribution is -0.384. The molecule has 0 saturated carbocycles. The van der Waals surface area contributed by atoms with E-state index >= 15 is 0 Å². The van der Waals surface area contributed by atoms with Crippen molar-refractivity contribution in [2.45, 2.75) is 25.3 Å². The van der Waals surface area contributed by atoms with Crippen molar-refractivity contribution in [3.8, 4) is 0 Å². The van der Waals surface area contributed by atoms with Crippen LogP contribution in [0, 0.1) is 10.1 Å². The SMILES string of the molecule is CNC1(C)CCN(C(=O)c2cc([N+](=O)[O-])ccc2Cl)CC1. The van der Waals surface area contributed by atoms with E-state index < -0.39 is 4.92 Å². The predicted molar refractivity (Wildman–Crippen MR) is 80.7 cm³/mol. The minimum absolute atomic E-state index is 0.0310. The van der Waals surface area contributed by atoms with Crippen molar-refractivity contribution in [2.75, 3.05) is 20.1 Å². The molecule has 0 unspecified atom stereocenters. The lowest BCUT2D eigenvalue weighted by atomic mass is 9.89. The summed E-state index contributed by atoms with van der Waals surface area (Å²) in [5, 5.41) is 14.3. The Morgan fingerprint density at radius 3 is 2.57 bits per heavy atom. The Morgan fingerprint density at radius 2 is 2.05 bits per heavy atom. The maximum absolute atomic E-state index is 12.5. The van der Waals surface area contributed by atoms with Crippen LogP contribution < -0.4 is 5.32 Å². The number of nitrogens with zero attached hydrogens (tertiary/aromatic N) is 2. The van der Waals surface area contributed by atoms with Crippen LogP contribution in [-0.2, 0) is 0 Å². The number of hydrogen-bond acceptors (Lipinski definition) is 4. The first-order valence-electron chi connectivity index (χ1n) is 6.78. The lowest BCUT2D eigenvalue weighted by Gasteiger charge is -2.39. The number of carbonyl (C=O) groups is 1. The van der Waals surface area contributed by atoms with Crippen molar-refractivity contribution in [2.24, 2.45) is 0 Å². The van der Waals surface area contributed by atoms with Gasteiger partial charge in [-0.3, -0.25) is 14.9 Å². The topological polar surface area (TPSA) is 75.5 Å². The van der Waals surface area contributed by atoms with E-state index in [1.54, 1.807) is 4.90 Å². The van der Waals surface area contributed by atoms with Crippen LogP contribution in [0.5, 0.6) is 0 Å². The van der Waals surface area contributed by atoms with Gasteiger partial charge in [-0.2, -0.15) is 0 Å². The highest BCUT2D eigenvalue weighted by Crippen LogP contribution is 2.27. The molecule has 0 aliphatic carbocycles. The Labute approximate surface area is 128 Å². The molecule has 0 spiro atoms. The Morgan fingerprint density at radius 1 is 1.43 bits per heavy atom. The molecule has 7 heteroatoms. The average Bonchev–Trinajstić information content (AvgIpc) is 2.47. The van der Waals surface area contributed by atoms with Crippen molar-refractivity contribution < 1.29 is 9.72 Å². The second kappa shape index (κ2) is 5.99. The Balaban J connectivity index is 2.18.